The number of hydrogen-bond donors (Lipinski definition) is 2. The first-order valence-electron chi connectivity index (χ1n) is 4.68. The van der Waals surface area contributed by atoms with Crippen LogP contribution >= 0.6 is 11.6 Å². The third kappa shape index (κ3) is 2.82. The zero-order valence-corrected chi connectivity index (χ0v) is 10.2. The molecule has 0 aliphatic rings. The van der Waals surface area contributed by atoms with Gasteiger partial charge in [-0.1, -0.05) is 11.6 Å². The molecule has 17 heavy (non-hydrogen) atoms. The number of nitrogens with one attached hydrogen (secondary N) is 2. The smallest absolute Gasteiger partial charge is 0.244 e. The third-order valence-electron chi connectivity index (χ3n) is 2.00. The molecule has 6 nitrogen and oxygen atoms in total. The van der Waals surface area contributed by atoms with Crippen molar-refractivity contribution in [3.05, 3.63) is 41.7 Å². The van der Waals surface area contributed by atoms with Crippen LogP contribution in [-0.2, 0) is 16.6 Å². The quantitative estimate of drug-likeness (QED) is 0.811. The largest absolute Gasteiger partial charge is 0.347 e. The molecule has 0 saturated heterocycles. The lowest BCUT2D eigenvalue weighted by atomic mass is 10.5. The average molecular weight is 273 g/mol. The van der Waals surface area contributed by atoms with Crippen molar-refractivity contribution in [3.63, 3.8) is 0 Å². The SMILES string of the molecule is O=S(=O)(NCc1ncc[nH]1)c1cccnc1Cl. The first-order chi connectivity index (χ1) is 8.09. The second-order valence-corrected chi connectivity index (χ2v) is 5.25. The average Bonchev–Trinajstić information content (AvgIpc) is 2.80. The number of nitrogens with zero attached hydrogens (tertiary/aromatic N) is 2. The van der Waals surface area contributed by atoms with Gasteiger partial charge >= 0.3 is 0 Å². The van der Waals surface area contributed by atoms with Crippen molar-refractivity contribution in [1.29, 1.82) is 0 Å². The zero-order valence-electron chi connectivity index (χ0n) is 8.59. The first-order valence-corrected chi connectivity index (χ1v) is 6.54. The van der Waals surface area contributed by atoms with Crippen LogP contribution in [0.4, 0.5) is 0 Å². The molecule has 0 spiro atoms. The third-order valence-corrected chi connectivity index (χ3v) is 3.84. The van der Waals surface area contributed by atoms with Gasteiger partial charge in [-0.15, -0.1) is 0 Å². The molecular weight excluding hydrogens is 264 g/mol. The zero-order chi connectivity index (χ0) is 12.3. The van der Waals surface area contributed by atoms with Crippen LogP contribution in [0, 0.1) is 0 Å². The number of rotatable bonds is 4. The number of hydrogen-bond acceptors (Lipinski definition) is 4. The van der Waals surface area contributed by atoms with Gasteiger partial charge in [0.05, 0.1) is 6.54 Å². The highest BCUT2D eigenvalue weighted by Crippen LogP contribution is 2.17. The van der Waals surface area contributed by atoms with Crippen LogP contribution in [-0.4, -0.2) is 23.4 Å². The molecule has 0 aliphatic heterocycles. The molecular formula is C9H9ClN4O2S. The summed E-state index contributed by atoms with van der Waals surface area (Å²) in [7, 11) is -3.67. The van der Waals surface area contributed by atoms with E-state index in [4.69, 9.17) is 11.6 Å². The molecule has 0 atom stereocenters. The van der Waals surface area contributed by atoms with Gasteiger partial charge in [0.1, 0.15) is 15.9 Å². The molecule has 0 unspecified atom stereocenters. The fourth-order valence-electron chi connectivity index (χ4n) is 1.21. The topological polar surface area (TPSA) is 87.7 Å². The van der Waals surface area contributed by atoms with Gasteiger partial charge in [0.25, 0.3) is 0 Å². The Labute approximate surface area is 103 Å². The Kier molecular flexibility index (Phi) is 3.41. The van der Waals surface area contributed by atoms with E-state index in [0.29, 0.717) is 5.82 Å². The van der Waals surface area contributed by atoms with E-state index in [1.165, 1.54) is 18.3 Å². The Bertz CT molecular complexity index is 597. The van der Waals surface area contributed by atoms with Gasteiger partial charge in [-0.25, -0.2) is 23.1 Å². The van der Waals surface area contributed by atoms with Crippen LogP contribution in [0.3, 0.4) is 0 Å². The lowest BCUT2D eigenvalue weighted by molar-refractivity contribution is 0.579. The van der Waals surface area contributed by atoms with Gasteiger partial charge in [0, 0.05) is 18.6 Å². The predicted molar refractivity (Wildman–Crippen MR) is 61.9 cm³/mol. The Morgan fingerprint density at radius 2 is 2.18 bits per heavy atom. The fourth-order valence-corrected chi connectivity index (χ4v) is 2.65. The van der Waals surface area contributed by atoms with Gasteiger partial charge < -0.3 is 4.98 Å². The van der Waals surface area contributed by atoms with E-state index in [2.05, 4.69) is 19.7 Å². The molecule has 90 valence electrons. The molecule has 2 aromatic heterocycles. The summed E-state index contributed by atoms with van der Waals surface area (Å²) in [6, 6.07) is 2.90. The summed E-state index contributed by atoms with van der Waals surface area (Å²) < 4.78 is 26.1. The first kappa shape index (κ1) is 12.0. The molecule has 2 heterocycles. The maximum absolute atomic E-state index is 11.9. The molecule has 0 aliphatic carbocycles. The number of imidazole rings is 1. The molecule has 0 bridgehead atoms. The minimum absolute atomic E-state index is 0.0479. The van der Waals surface area contributed by atoms with E-state index in [1.54, 1.807) is 12.4 Å². The van der Waals surface area contributed by atoms with E-state index < -0.39 is 10.0 Å². The second-order valence-electron chi connectivity index (χ2n) is 3.15. The number of sulfonamides is 1. The van der Waals surface area contributed by atoms with E-state index in [-0.39, 0.29) is 16.6 Å². The molecule has 0 amide bonds. The van der Waals surface area contributed by atoms with E-state index in [1.807, 2.05) is 0 Å². The summed E-state index contributed by atoms with van der Waals surface area (Å²) in [5, 5.41) is -0.0561. The van der Waals surface area contributed by atoms with Crippen molar-refractivity contribution in [1.82, 2.24) is 19.7 Å². The van der Waals surface area contributed by atoms with Crippen LogP contribution in [0.15, 0.2) is 35.6 Å². The van der Waals surface area contributed by atoms with Crippen LogP contribution in [0.5, 0.6) is 0 Å². The highest BCUT2D eigenvalue weighted by molar-refractivity contribution is 7.89. The van der Waals surface area contributed by atoms with Crippen molar-refractivity contribution < 1.29 is 8.42 Å². The van der Waals surface area contributed by atoms with Crippen LogP contribution < -0.4 is 4.72 Å². The van der Waals surface area contributed by atoms with Crippen molar-refractivity contribution in [2.24, 2.45) is 0 Å². The van der Waals surface area contributed by atoms with Crippen LogP contribution in [0.2, 0.25) is 5.15 Å². The molecule has 0 saturated carbocycles. The standard InChI is InChI=1S/C9H9ClN4O2S/c10-9-7(2-1-3-13-9)17(15,16)14-6-8-11-4-5-12-8/h1-5,14H,6H2,(H,11,12). The maximum Gasteiger partial charge on any atom is 0.244 e. The lowest BCUT2D eigenvalue weighted by Gasteiger charge is -2.05. The number of aromatic nitrogens is 3. The van der Waals surface area contributed by atoms with Gasteiger partial charge in [0.2, 0.25) is 10.0 Å². The number of H-pyrrole nitrogens is 1. The molecule has 2 rings (SSSR count). The minimum Gasteiger partial charge on any atom is -0.347 e. The Balaban J connectivity index is 2.17. The van der Waals surface area contributed by atoms with Gasteiger partial charge in [-0.2, -0.15) is 0 Å². The van der Waals surface area contributed by atoms with Crippen molar-refractivity contribution in [3.8, 4) is 0 Å². The molecule has 0 fully saturated rings. The summed E-state index contributed by atoms with van der Waals surface area (Å²) in [4.78, 5) is 10.4. The van der Waals surface area contributed by atoms with Crippen LogP contribution in [0.1, 0.15) is 5.82 Å². The Morgan fingerprint density at radius 3 is 2.82 bits per heavy atom. The Hall–Kier alpha value is -1.44. The van der Waals surface area contributed by atoms with Gasteiger partial charge in [-0.3, -0.25) is 0 Å². The highest BCUT2D eigenvalue weighted by Gasteiger charge is 2.18. The normalized spacial score (nSPS) is 11.6. The minimum atomic E-state index is -3.67. The maximum atomic E-state index is 11.9. The van der Waals surface area contributed by atoms with E-state index in [9.17, 15) is 8.42 Å². The number of aromatic amines is 1. The number of pyridine rings is 1. The molecule has 2 aromatic rings. The summed E-state index contributed by atoms with van der Waals surface area (Å²) in [6.07, 6.45) is 4.58. The van der Waals surface area contributed by atoms with Crippen molar-refractivity contribution in [2.75, 3.05) is 0 Å². The second kappa shape index (κ2) is 4.82. The van der Waals surface area contributed by atoms with Gasteiger partial charge in [-0.05, 0) is 12.1 Å². The lowest BCUT2D eigenvalue weighted by Crippen LogP contribution is -2.24. The number of halogens is 1. The predicted octanol–water partition coefficient (Wildman–Crippen LogP) is 0.937. The molecule has 8 heteroatoms. The molecule has 2 N–H and O–H groups in total. The summed E-state index contributed by atoms with van der Waals surface area (Å²) in [6.45, 7) is 0.0700. The summed E-state index contributed by atoms with van der Waals surface area (Å²) in [5.74, 6) is 0.522. The monoisotopic (exact) mass is 272 g/mol. The molecule has 0 aromatic carbocycles. The highest BCUT2D eigenvalue weighted by atomic mass is 35.5. The van der Waals surface area contributed by atoms with Crippen molar-refractivity contribution >= 4 is 21.6 Å². The van der Waals surface area contributed by atoms with Gasteiger partial charge in [0.15, 0.2) is 0 Å². The summed E-state index contributed by atoms with van der Waals surface area (Å²) in [5.41, 5.74) is 0. The van der Waals surface area contributed by atoms with E-state index in [0.717, 1.165) is 0 Å². The summed E-state index contributed by atoms with van der Waals surface area (Å²) >= 11 is 5.72. The van der Waals surface area contributed by atoms with E-state index >= 15 is 0 Å². The Morgan fingerprint density at radius 1 is 1.35 bits per heavy atom. The van der Waals surface area contributed by atoms with Crippen LogP contribution in [0.25, 0.3) is 0 Å². The fraction of sp³-hybridized carbons (Fsp3) is 0.111. The molecule has 0 radical (unpaired) electrons. The van der Waals surface area contributed by atoms with Crippen molar-refractivity contribution in [2.45, 2.75) is 11.4 Å².